The maximum absolute atomic E-state index is 12.5. The number of nitrogens with one attached hydrogen (secondary N) is 3. The first-order valence-corrected chi connectivity index (χ1v) is 13.3. The highest BCUT2D eigenvalue weighted by Gasteiger charge is 2.12. The van der Waals surface area contributed by atoms with Gasteiger partial charge in [-0.2, -0.15) is 0 Å². The van der Waals surface area contributed by atoms with Crippen LogP contribution in [-0.4, -0.2) is 42.7 Å². The number of ether oxygens (including phenoxy) is 3. The summed E-state index contributed by atoms with van der Waals surface area (Å²) in [6, 6.07) is 11.2. The van der Waals surface area contributed by atoms with E-state index in [2.05, 4.69) is 39.0 Å². The second kappa shape index (κ2) is 16.5. The van der Waals surface area contributed by atoms with E-state index in [1.165, 1.54) is 6.42 Å². The predicted octanol–water partition coefficient (Wildman–Crippen LogP) is 4.69. The van der Waals surface area contributed by atoms with Gasteiger partial charge in [0.05, 0.1) is 23.2 Å². The minimum absolute atomic E-state index is 0.0827. The molecule has 11 heteroatoms. The third-order valence-corrected chi connectivity index (χ3v) is 5.71. The molecule has 200 valence electrons. The van der Waals surface area contributed by atoms with Crippen molar-refractivity contribution in [3.63, 3.8) is 0 Å². The number of thiocarbonyl (C=S) groups is 1. The summed E-state index contributed by atoms with van der Waals surface area (Å²) in [7, 11) is 0. The summed E-state index contributed by atoms with van der Waals surface area (Å²) in [5.74, 6) is -0.327. The van der Waals surface area contributed by atoms with Gasteiger partial charge in [-0.05, 0) is 83.5 Å². The average molecular weight is 595 g/mol. The summed E-state index contributed by atoms with van der Waals surface area (Å²) in [6.45, 7) is 4.72. The zero-order chi connectivity index (χ0) is 27.0. The third-order valence-electron chi connectivity index (χ3n) is 4.89. The number of carbonyl (C=O) groups excluding carboxylic acids is 3. The van der Waals surface area contributed by atoms with E-state index >= 15 is 0 Å². The molecule has 0 fully saturated rings. The molecule has 2 aromatic carbocycles. The van der Waals surface area contributed by atoms with Gasteiger partial charge >= 0.3 is 5.97 Å². The van der Waals surface area contributed by atoms with Gasteiger partial charge in [0, 0.05) is 5.56 Å². The van der Waals surface area contributed by atoms with Crippen molar-refractivity contribution in [2.75, 3.05) is 19.8 Å². The third kappa shape index (κ3) is 11.2. The largest absolute Gasteiger partial charge is 0.492 e. The molecule has 0 radical (unpaired) electrons. The molecule has 0 aliphatic rings. The van der Waals surface area contributed by atoms with E-state index in [4.69, 9.17) is 26.4 Å². The van der Waals surface area contributed by atoms with Crippen molar-refractivity contribution in [2.24, 2.45) is 0 Å². The Hall–Kier alpha value is -3.18. The Kier molecular flexibility index (Phi) is 13.4. The lowest BCUT2D eigenvalue weighted by Crippen LogP contribution is -2.49. The molecule has 0 atom stereocenters. The Morgan fingerprint density at radius 2 is 1.59 bits per heavy atom. The first kappa shape index (κ1) is 30.0. The predicted molar refractivity (Wildman–Crippen MR) is 148 cm³/mol. The number of amides is 2. The van der Waals surface area contributed by atoms with Crippen molar-refractivity contribution in [3.05, 3.63) is 58.1 Å². The van der Waals surface area contributed by atoms with E-state index in [9.17, 15) is 14.4 Å². The molecular formula is C26H32BrN3O6S. The van der Waals surface area contributed by atoms with E-state index in [0.29, 0.717) is 40.3 Å². The number of esters is 1. The second-order valence-electron chi connectivity index (χ2n) is 7.96. The van der Waals surface area contributed by atoms with E-state index in [-0.39, 0.29) is 11.7 Å². The minimum atomic E-state index is -0.522. The molecule has 0 saturated carbocycles. The van der Waals surface area contributed by atoms with Gasteiger partial charge in [0.15, 0.2) is 11.7 Å². The summed E-state index contributed by atoms with van der Waals surface area (Å²) >= 11 is 8.49. The zero-order valence-corrected chi connectivity index (χ0v) is 23.3. The van der Waals surface area contributed by atoms with Crippen LogP contribution in [0.4, 0.5) is 0 Å². The van der Waals surface area contributed by atoms with Crippen LogP contribution in [-0.2, 0) is 9.53 Å². The number of rotatable bonds is 13. The number of unbranched alkanes of at least 4 members (excludes halogenated alkanes) is 3. The fourth-order valence-electron chi connectivity index (χ4n) is 2.95. The van der Waals surface area contributed by atoms with Gasteiger partial charge in [-0.15, -0.1) is 0 Å². The highest BCUT2D eigenvalue weighted by molar-refractivity contribution is 9.10. The maximum atomic E-state index is 12.5. The van der Waals surface area contributed by atoms with E-state index in [0.717, 1.165) is 25.7 Å². The summed E-state index contributed by atoms with van der Waals surface area (Å²) in [5, 5.41) is 2.41. The van der Waals surface area contributed by atoms with E-state index < -0.39 is 17.8 Å². The van der Waals surface area contributed by atoms with E-state index in [1.54, 1.807) is 42.5 Å². The topological polar surface area (TPSA) is 115 Å². The summed E-state index contributed by atoms with van der Waals surface area (Å²) < 4.78 is 16.9. The van der Waals surface area contributed by atoms with Gasteiger partial charge in [0.1, 0.15) is 11.5 Å². The van der Waals surface area contributed by atoms with Gasteiger partial charge in [-0.1, -0.05) is 33.1 Å². The van der Waals surface area contributed by atoms with Crippen molar-refractivity contribution < 1.29 is 28.6 Å². The van der Waals surface area contributed by atoms with Gasteiger partial charge < -0.3 is 14.2 Å². The minimum Gasteiger partial charge on any atom is -0.492 e. The first-order valence-electron chi connectivity index (χ1n) is 12.1. The molecule has 0 saturated heterocycles. The molecule has 3 N–H and O–H groups in total. The zero-order valence-electron chi connectivity index (χ0n) is 20.9. The molecule has 2 rings (SSSR count). The molecule has 2 amide bonds. The Morgan fingerprint density at radius 3 is 2.27 bits per heavy atom. The maximum Gasteiger partial charge on any atom is 0.338 e. The first-order chi connectivity index (χ1) is 17.8. The van der Waals surface area contributed by atoms with Gasteiger partial charge in [0.25, 0.3) is 11.8 Å². The van der Waals surface area contributed by atoms with Crippen LogP contribution in [0.15, 0.2) is 46.9 Å². The van der Waals surface area contributed by atoms with Gasteiger partial charge in [0.2, 0.25) is 0 Å². The number of hydrazine groups is 1. The van der Waals surface area contributed by atoms with Crippen molar-refractivity contribution in [1.82, 2.24) is 16.2 Å². The number of hydrogen-bond donors (Lipinski definition) is 3. The Morgan fingerprint density at radius 1 is 0.865 bits per heavy atom. The van der Waals surface area contributed by atoms with Crippen LogP contribution in [0.1, 0.15) is 66.7 Å². The van der Waals surface area contributed by atoms with Crippen LogP contribution < -0.4 is 25.6 Å². The molecule has 0 unspecified atom stereocenters. The Labute approximate surface area is 230 Å². The molecule has 0 aliphatic heterocycles. The number of halogens is 1. The Bertz CT molecular complexity index is 1060. The normalized spacial score (nSPS) is 10.2. The van der Waals surface area contributed by atoms with Crippen LogP contribution in [0.3, 0.4) is 0 Å². The molecular weight excluding hydrogens is 562 g/mol. The van der Waals surface area contributed by atoms with Crippen molar-refractivity contribution in [2.45, 2.75) is 46.0 Å². The van der Waals surface area contributed by atoms with Gasteiger partial charge in [-0.3, -0.25) is 25.8 Å². The lowest BCUT2D eigenvalue weighted by molar-refractivity contribution is -0.123. The van der Waals surface area contributed by atoms with Gasteiger partial charge in [-0.25, -0.2) is 4.79 Å². The number of carbonyl (C=O) groups is 3. The summed E-state index contributed by atoms with van der Waals surface area (Å²) in [4.78, 5) is 36.3. The van der Waals surface area contributed by atoms with Crippen LogP contribution in [0.2, 0.25) is 0 Å². The molecule has 0 spiro atoms. The molecule has 0 heterocycles. The number of benzene rings is 2. The van der Waals surface area contributed by atoms with Crippen molar-refractivity contribution in [1.29, 1.82) is 0 Å². The molecule has 0 aliphatic carbocycles. The van der Waals surface area contributed by atoms with Crippen LogP contribution >= 0.6 is 28.1 Å². The summed E-state index contributed by atoms with van der Waals surface area (Å²) in [6.07, 6.45) is 5.17. The smallest absolute Gasteiger partial charge is 0.338 e. The highest BCUT2D eigenvalue weighted by atomic mass is 79.9. The molecule has 0 bridgehead atoms. The lowest BCUT2D eigenvalue weighted by Gasteiger charge is -2.12. The van der Waals surface area contributed by atoms with Crippen LogP contribution in [0.25, 0.3) is 0 Å². The SMILES string of the molecule is CCCCCCOc1ccc(C(=O)NC(=S)NNC(=O)COc2ccc(C(=O)OCCC)cc2)cc1Br. The fourth-order valence-corrected chi connectivity index (χ4v) is 3.59. The van der Waals surface area contributed by atoms with Crippen molar-refractivity contribution >= 4 is 51.0 Å². The quantitative estimate of drug-likeness (QED) is 0.133. The monoisotopic (exact) mass is 593 g/mol. The van der Waals surface area contributed by atoms with Crippen LogP contribution in [0.5, 0.6) is 11.5 Å². The standard InChI is InChI=1S/C26H32BrN3O6S/c1-3-5-6-7-15-34-22-13-10-19(16-21(22)27)24(32)28-26(37)30-29-23(31)17-36-20-11-8-18(9-12-20)25(33)35-14-4-2/h8-13,16H,3-7,14-15,17H2,1-2H3,(H,29,31)(H2,28,30,32,37). The van der Waals surface area contributed by atoms with Crippen molar-refractivity contribution in [3.8, 4) is 11.5 Å². The lowest BCUT2D eigenvalue weighted by atomic mass is 10.2. The summed E-state index contributed by atoms with van der Waals surface area (Å²) in [5.41, 5.74) is 5.56. The average Bonchev–Trinajstić information content (AvgIpc) is 2.90. The Balaban J connectivity index is 1.72. The molecule has 37 heavy (non-hydrogen) atoms. The molecule has 2 aromatic rings. The second-order valence-corrected chi connectivity index (χ2v) is 9.22. The molecule has 0 aromatic heterocycles. The highest BCUT2D eigenvalue weighted by Crippen LogP contribution is 2.26. The molecule has 9 nitrogen and oxygen atoms in total. The fraction of sp³-hybridized carbons (Fsp3) is 0.385. The van der Waals surface area contributed by atoms with E-state index in [1.807, 2.05) is 6.92 Å². The van der Waals surface area contributed by atoms with Crippen LogP contribution in [0, 0.1) is 0 Å². The number of hydrogen-bond acceptors (Lipinski definition) is 7.